The minimum absolute atomic E-state index is 0.276. The number of nitriles is 1. The standard InChI is InChI=1S/C14H15FN4/c1-4-19(12-7-5-11(15)6-8-12)14-13(9-16)10(2)17-18(14)3/h5-8H,4H2,1-3H3. The number of hydrogen-bond donors (Lipinski definition) is 0. The third kappa shape index (κ3) is 2.29. The van der Waals surface area contributed by atoms with Gasteiger partial charge in [0.2, 0.25) is 0 Å². The fourth-order valence-corrected chi connectivity index (χ4v) is 2.16. The third-order valence-electron chi connectivity index (χ3n) is 3.01. The number of benzene rings is 1. The zero-order chi connectivity index (χ0) is 14.0. The van der Waals surface area contributed by atoms with E-state index in [2.05, 4.69) is 11.2 Å². The summed E-state index contributed by atoms with van der Waals surface area (Å²) in [5.74, 6) is 0.454. The Morgan fingerprint density at radius 1 is 1.37 bits per heavy atom. The number of rotatable bonds is 3. The zero-order valence-electron chi connectivity index (χ0n) is 11.2. The molecule has 0 aliphatic heterocycles. The molecule has 0 fully saturated rings. The first kappa shape index (κ1) is 13.1. The van der Waals surface area contributed by atoms with E-state index in [4.69, 9.17) is 0 Å². The van der Waals surface area contributed by atoms with Crippen LogP contribution in [0.5, 0.6) is 0 Å². The van der Waals surface area contributed by atoms with E-state index in [-0.39, 0.29) is 5.82 Å². The van der Waals surface area contributed by atoms with Crippen LogP contribution in [0, 0.1) is 24.1 Å². The second-order valence-electron chi connectivity index (χ2n) is 4.24. The van der Waals surface area contributed by atoms with Crippen molar-refractivity contribution in [3.63, 3.8) is 0 Å². The molecule has 0 saturated carbocycles. The molecule has 0 aliphatic carbocycles. The molecule has 2 rings (SSSR count). The highest BCUT2D eigenvalue weighted by molar-refractivity contribution is 5.67. The molecule has 0 radical (unpaired) electrons. The van der Waals surface area contributed by atoms with Crippen LogP contribution in [0.25, 0.3) is 0 Å². The van der Waals surface area contributed by atoms with Gasteiger partial charge in [-0.3, -0.25) is 4.68 Å². The second kappa shape index (κ2) is 5.11. The summed E-state index contributed by atoms with van der Waals surface area (Å²) in [5.41, 5.74) is 2.08. The smallest absolute Gasteiger partial charge is 0.149 e. The summed E-state index contributed by atoms with van der Waals surface area (Å²) < 4.78 is 14.7. The van der Waals surface area contributed by atoms with Crippen LogP contribution in [-0.2, 0) is 7.05 Å². The SMILES string of the molecule is CCN(c1ccc(F)cc1)c1c(C#N)c(C)nn1C. The maximum absolute atomic E-state index is 13.0. The summed E-state index contributed by atoms with van der Waals surface area (Å²) in [4.78, 5) is 1.94. The Morgan fingerprint density at radius 3 is 2.53 bits per heavy atom. The molecule has 4 nitrogen and oxygen atoms in total. The predicted octanol–water partition coefficient (Wildman–Crippen LogP) is 2.90. The largest absolute Gasteiger partial charge is 0.326 e. The summed E-state index contributed by atoms with van der Waals surface area (Å²) in [6.45, 7) is 4.45. The van der Waals surface area contributed by atoms with Crippen LogP contribution in [0.4, 0.5) is 15.9 Å². The maximum atomic E-state index is 13.0. The average molecular weight is 258 g/mol. The van der Waals surface area contributed by atoms with Crippen molar-refractivity contribution in [1.82, 2.24) is 9.78 Å². The Morgan fingerprint density at radius 2 is 2.00 bits per heavy atom. The molecule has 1 aromatic carbocycles. The molecule has 0 amide bonds. The molecule has 1 aromatic heterocycles. The molecular formula is C14H15FN4. The first-order chi connectivity index (χ1) is 9.08. The van der Waals surface area contributed by atoms with Crippen LogP contribution in [0.3, 0.4) is 0 Å². The number of nitrogens with zero attached hydrogens (tertiary/aromatic N) is 4. The van der Waals surface area contributed by atoms with Crippen molar-refractivity contribution >= 4 is 11.5 Å². The van der Waals surface area contributed by atoms with Crippen molar-refractivity contribution in [2.75, 3.05) is 11.4 Å². The Kier molecular flexibility index (Phi) is 3.52. The lowest BCUT2D eigenvalue weighted by atomic mass is 10.2. The molecule has 0 unspecified atom stereocenters. The van der Waals surface area contributed by atoms with Gasteiger partial charge in [0.25, 0.3) is 0 Å². The van der Waals surface area contributed by atoms with Crippen molar-refractivity contribution in [2.45, 2.75) is 13.8 Å². The molecule has 19 heavy (non-hydrogen) atoms. The van der Waals surface area contributed by atoms with E-state index in [0.29, 0.717) is 17.8 Å². The van der Waals surface area contributed by atoms with E-state index in [0.717, 1.165) is 11.5 Å². The lowest BCUT2D eigenvalue weighted by Crippen LogP contribution is -2.20. The van der Waals surface area contributed by atoms with Crippen LogP contribution < -0.4 is 4.90 Å². The van der Waals surface area contributed by atoms with Crippen LogP contribution in [0.2, 0.25) is 0 Å². The normalized spacial score (nSPS) is 10.3. The average Bonchev–Trinajstić information content (AvgIpc) is 2.67. The molecule has 0 spiro atoms. The molecule has 0 saturated heterocycles. The number of hydrogen-bond acceptors (Lipinski definition) is 3. The van der Waals surface area contributed by atoms with E-state index in [1.54, 1.807) is 30.8 Å². The van der Waals surface area contributed by atoms with Gasteiger partial charge < -0.3 is 4.90 Å². The number of anilines is 2. The summed E-state index contributed by atoms with van der Waals surface area (Å²) >= 11 is 0. The summed E-state index contributed by atoms with van der Waals surface area (Å²) in [6.07, 6.45) is 0. The molecule has 0 atom stereocenters. The Bertz CT molecular complexity index is 622. The summed E-state index contributed by atoms with van der Waals surface area (Å²) in [5, 5.41) is 13.5. The highest BCUT2D eigenvalue weighted by atomic mass is 19.1. The molecule has 5 heteroatoms. The van der Waals surface area contributed by atoms with Crippen molar-refractivity contribution in [1.29, 1.82) is 5.26 Å². The van der Waals surface area contributed by atoms with Crippen molar-refractivity contribution in [2.24, 2.45) is 7.05 Å². The van der Waals surface area contributed by atoms with E-state index in [1.165, 1.54) is 12.1 Å². The van der Waals surface area contributed by atoms with Gasteiger partial charge in [-0.25, -0.2) is 4.39 Å². The van der Waals surface area contributed by atoms with Crippen molar-refractivity contribution in [3.8, 4) is 6.07 Å². The summed E-state index contributed by atoms with van der Waals surface area (Å²) in [7, 11) is 1.80. The quantitative estimate of drug-likeness (QED) is 0.850. The first-order valence-corrected chi connectivity index (χ1v) is 6.05. The fraction of sp³-hybridized carbons (Fsp3) is 0.286. The van der Waals surface area contributed by atoms with Gasteiger partial charge in [0, 0.05) is 19.3 Å². The van der Waals surface area contributed by atoms with Gasteiger partial charge in [-0.1, -0.05) is 0 Å². The van der Waals surface area contributed by atoms with Gasteiger partial charge in [0.05, 0.1) is 5.69 Å². The van der Waals surface area contributed by atoms with Gasteiger partial charge >= 0.3 is 0 Å². The molecular weight excluding hydrogens is 243 g/mol. The van der Waals surface area contributed by atoms with Crippen molar-refractivity contribution < 1.29 is 4.39 Å². The number of aromatic nitrogens is 2. The van der Waals surface area contributed by atoms with E-state index < -0.39 is 0 Å². The third-order valence-corrected chi connectivity index (χ3v) is 3.01. The van der Waals surface area contributed by atoms with Crippen LogP contribution in [-0.4, -0.2) is 16.3 Å². The van der Waals surface area contributed by atoms with Crippen LogP contribution >= 0.6 is 0 Å². The Hall–Kier alpha value is -2.35. The summed E-state index contributed by atoms with van der Waals surface area (Å²) in [6, 6.07) is 8.40. The van der Waals surface area contributed by atoms with Gasteiger partial charge in [-0.2, -0.15) is 10.4 Å². The molecule has 2 aromatic rings. The monoisotopic (exact) mass is 258 g/mol. The zero-order valence-corrected chi connectivity index (χ0v) is 11.2. The van der Waals surface area contributed by atoms with Crippen molar-refractivity contribution in [3.05, 3.63) is 41.3 Å². The molecule has 1 heterocycles. The second-order valence-corrected chi connectivity index (χ2v) is 4.24. The van der Waals surface area contributed by atoms with Gasteiger partial charge in [-0.05, 0) is 38.1 Å². The first-order valence-electron chi connectivity index (χ1n) is 6.05. The van der Waals surface area contributed by atoms with Crippen LogP contribution in [0.15, 0.2) is 24.3 Å². The Labute approximate surface area is 111 Å². The number of aryl methyl sites for hydroxylation is 2. The van der Waals surface area contributed by atoms with Gasteiger partial charge in [0.1, 0.15) is 23.3 Å². The van der Waals surface area contributed by atoms with E-state index in [9.17, 15) is 9.65 Å². The highest BCUT2D eigenvalue weighted by Crippen LogP contribution is 2.29. The molecule has 0 aliphatic rings. The highest BCUT2D eigenvalue weighted by Gasteiger charge is 2.19. The number of halogens is 1. The lowest BCUT2D eigenvalue weighted by Gasteiger charge is -2.23. The van der Waals surface area contributed by atoms with Crippen LogP contribution in [0.1, 0.15) is 18.2 Å². The minimum Gasteiger partial charge on any atom is -0.326 e. The van der Waals surface area contributed by atoms with E-state index in [1.807, 2.05) is 11.8 Å². The molecule has 98 valence electrons. The fourth-order valence-electron chi connectivity index (χ4n) is 2.16. The van der Waals surface area contributed by atoms with Gasteiger partial charge in [0.15, 0.2) is 0 Å². The lowest BCUT2D eigenvalue weighted by molar-refractivity contribution is 0.627. The molecule has 0 N–H and O–H groups in total. The maximum Gasteiger partial charge on any atom is 0.149 e. The minimum atomic E-state index is -0.276. The molecule has 0 bridgehead atoms. The van der Waals surface area contributed by atoms with Gasteiger partial charge in [-0.15, -0.1) is 0 Å². The predicted molar refractivity (Wildman–Crippen MR) is 71.7 cm³/mol. The topological polar surface area (TPSA) is 44.9 Å². The Balaban J connectivity index is 2.54. The van der Waals surface area contributed by atoms with E-state index >= 15 is 0 Å².